The highest BCUT2D eigenvalue weighted by Gasteiger charge is 2.20. The van der Waals surface area contributed by atoms with Gasteiger partial charge in [-0.15, -0.1) is 13.2 Å². The molecule has 0 saturated heterocycles. The third kappa shape index (κ3) is 7.19. The number of nitrogens with zero attached hydrogens (tertiary/aromatic N) is 1. The molecule has 0 spiro atoms. The van der Waals surface area contributed by atoms with E-state index in [0.717, 1.165) is 32.1 Å². The monoisotopic (exact) mass is 265 g/mol. The number of unbranched alkanes of at least 4 members (excludes halogenated alkanes) is 4. The Morgan fingerprint density at radius 3 is 1.58 bits per heavy atom. The van der Waals surface area contributed by atoms with Crippen LogP contribution in [0.5, 0.6) is 0 Å². The first-order valence-corrected chi connectivity index (χ1v) is 7.72. The van der Waals surface area contributed by atoms with E-state index >= 15 is 0 Å². The van der Waals surface area contributed by atoms with Crippen LogP contribution in [0.1, 0.15) is 65.2 Å². The van der Waals surface area contributed by atoms with Crippen LogP contribution in [0.2, 0.25) is 0 Å². The SMILES string of the molecule is C=CC(CCCCC)N(C=O)C(C=C)CCCCC. The van der Waals surface area contributed by atoms with Crippen molar-refractivity contribution in [3.05, 3.63) is 25.3 Å². The van der Waals surface area contributed by atoms with Crippen LogP contribution < -0.4 is 0 Å². The van der Waals surface area contributed by atoms with Crippen molar-refractivity contribution >= 4 is 6.41 Å². The molecular formula is C17H31NO. The van der Waals surface area contributed by atoms with Gasteiger partial charge in [-0.25, -0.2) is 0 Å². The van der Waals surface area contributed by atoms with Crippen molar-refractivity contribution in [3.63, 3.8) is 0 Å². The zero-order valence-corrected chi connectivity index (χ0v) is 12.8. The minimum atomic E-state index is 0.147. The van der Waals surface area contributed by atoms with Gasteiger partial charge in [-0.05, 0) is 12.8 Å². The minimum absolute atomic E-state index is 0.147. The molecule has 0 aromatic rings. The van der Waals surface area contributed by atoms with Crippen LogP contribution in [0.4, 0.5) is 0 Å². The average molecular weight is 265 g/mol. The lowest BCUT2D eigenvalue weighted by atomic mass is 10.0. The minimum Gasteiger partial charge on any atom is -0.332 e. The highest BCUT2D eigenvalue weighted by molar-refractivity contribution is 5.49. The molecule has 0 radical (unpaired) electrons. The Bertz CT molecular complexity index is 228. The Morgan fingerprint density at radius 1 is 0.895 bits per heavy atom. The molecule has 110 valence electrons. The van der Waals surface area contributed by atoms with Crippen molar-refractivity contribution in [3.8, 4) is 0 Å². The van der Waals surface area contributed by atoms with E-state index in [2.05, 4.69) is 27.0 Å². The second kappa shape index (κ2) is 12.0. The van der Waals surface area contributed by atoms with Crippen LogP contribution in [0, 0.1) is 0 Å². The molecule has 0 bridgehead atoms. The van der Waals surface area contributed by atoms with E-state index in [1.165, 1.54) is 25.7 Å². The smallest absolute Gasteiger partial charge is 0.210 e. The van der Waals surface area contributed by atoms with Gasteiger partial charge in [0.2, 0.25) is 6.41 Å². The lowest BCUT2D eigenvalue weighted by Crippen LogP contribution is -2.40. The molecule has 2 nitrogen and oxygen atoms in total. The average Bonchev–Trinajstić information content (AvgIpc) is 2.44. The summed E-state index contributed by atoms with van der Waals surface area (Å²) in [6, 6.07) is 0.294. The fourth-order valence-electron chi connectivity index (χ4n) is 2.39. The van der Waals surface area contributed by atoms with Crippen molar-refractivity contribution in [2.45, 2.75) is 77.3 Å². The Balaban J connectivity index is 4.47. The predicted octanol–water partition coefficient (Wildman–Crippen LogP) is 4.71. The van der Waals surface area contributed by atoms with Gasteiger partial charge < -0.3 is 4.90 Å². The summed E-state index contributed by atoms with van der Waals surface area (Å²) < 4.78 is 0. The van der Waals surface area contributed by atoms with Crippen LogP contribution in [0.25, 0.3) is 0 Å². The summed E-state index contributed by atoms with van der Waals surface area (Å²) in [5.41, 5.74) is 0. The van der Waals surface area contributed by atoms with E-state index in [1.54, 1.807) is 0 Å². The normalized spacial score (nSPS) is 13.6. The third-order valence-corrected chi connectivity index (χ3v) is 3.64. The zero-order valence-electron chi connectivity index (χ0n) is 12.8. The Morgan fingerprint density at radius 2 is 1.32 bits per heavy atom. The first-order chi connectivity index (χ1) is 9.24. The summed E-state index contributed by atoms with van der Waals surface area (Å²) in [5, 5.41) is 0. The van der Waals surface area contributed by atoms with Crippen LogP contribution in [0.3, 0.4) is 0 Å². The largest absolute Gasteiger partial charge is 0.332 e. The molecule has 2 atom stereocenters. The number of rotatable bonds is 13. The molecule has 0 aliphatic rings. The molecule has 2 heteroatoms. The standard InChI is InChI=1S/C17H31NO/c1-5-9-11-13-16(7-3)18(15-19)17(8-4)14-12-10-6-2/h7-8,15-17H,3-6,9-14H2,1-2H3. The van der Waals surface area contributed by atoms with Gasteiger partial charge in [0.05, 0.1) is 12.1 Å². The number of hydrogen-bond acceptors (Lipinski definition) is 1. The number of carbonyl (C=O) groups excluding carboxylic acids is 1. The number of amides is 1. The summed E-state index contributed by atoms with van der Waals surface area (Å²) in [6.07, 6.45) is 13.9. The number of carbonyl (C=O) groups is 1. The van der Waals surface area contributed by atoms with Gasteiger partial charge in [-0.3, -0.25) is 4.79 Å². The molecule has 0 fully saturated rings. The molecule has 1 amide bonds. The van der Waals surface area contributed by atoms with E-state index in [0.29, 0.717) is 0 Å². The van der Waals surface area contributed by atoms with Crippen LogP contribution in [-0.2, 0) is 4.79 Å². The van der Waals surface area contributed by atoms with Crippen LogP contribution in [0.15, 0.2) is 25.3 Å². The molecule has 0 aliphatic carbocycles. The highest BCUT2D eigenvalue weighted by atomic mass is 16.1. The lowest BCUT2D eigenvalue weighted by molar-refractivity contribution is -0.121. The van der Waals surface area contributed by atoms with E-state index in [-0.39, 0.29) is 12.1 Å². The maximum absolute atomic E-state index is 11.4. The summed E-state index contributed by atoms with van der Waals surface area (Å²) >= 11 is 0. The molecular weight excluding hydrogens is 234 g/mol. The van der Waals surface area contributed by atoms with Crippen molar-refractivity contribution < 1.29 is 4.79 Å². The zero-order chi connectivity index (χ0) is 14.5. The van der Waals surface area contributed by atoms with Gasteiger partial charge >= 0.3 is 0 Å². The molecule has 19 heavy (non-hydrogen) atoms. The summed E-state index contributed by atoms with van der Waals surface area (Å²) in [4.78, 5) is 13.3. The Labute approximate surface area is 119 Å². The Hall–Kier alpha value is -1.05. The van der Waals surface area contributed by atoms with Gasteiger partial charge in [-0.2, -0.15) is 0 Å². The summed E-state index contributed by atoms with van der Waals surface area (Å²) in [7, 11) is 0. The van der Waals surface area contributed by atoms with Gasteiger partial charge in [0.25, 0.3) is 0 Å². The van der Waals surface area contributed by atoms with Gasteiger partial charge in [-0.1, -0.05) is 64.5 Å². The first kappa shape index (κ1) is 17.9. The quantitative estimate of drug-likeness (QED) is 0.268. The van der Waals surface area contributed by atoms with Gasteiger partial charge in [0.15, 0.2) is 0 Å². The predicted molar refractivity (Wildman–Crippen MR) is 84.2 cm³/mol. The summed E-state index contributed by atoms with van der Waals surface area (Å²) in [5.74, 6) is 0. The van der Waals surface area contributed by atoms with Crippen molar-refractivity contribution in [1.82, 2.24) is 4.90 Å². The van der Waals surface area contributed by atoms with Gasteiger partial charge in [0.1, 0.15) is 0 Å². The fraction of sp³-hybridized carbons (Fsp3) is 0.706. The molecule has 0 rings (SSSR count). The third-order valence-electron chi connectivity index (χ3n) is 3.64. The van der Waals surface area contributed by atoms with Crippen LogP contribution >= 0.6 is 0 Å². The molecule has 0 N–H and O–H groups in total. The van der Waals surface area contributed by atoms with Crippen molar-refractivity contribution in [1.29, 1.82) is 0 Å². The Kier molecular flexibility index (Phi) is 11.3. The topological polar surface area (TPSA) is 20.3 Å². The van der Waals surface area contributed by atoms with E-state index in [4.69, 9.17) is 0 Å². The van der Waals surface area contributed by atoms with Crippen molar-refractivity contribution in [2.24, 2.45) is 0 Å². The molecule has 0 aromatic carbocycles. The molecule has 0 saturated carbocycles. The van der Waals surface area contributed by atoms with Gasteiger partial charge in [0, 0.05) is 0 Å². The highest BCUT2D eigenvalue weighted by Crippen LogP contribution is 2.17. The maximum Gasteiger partial charge on any atom is 0.210 e. The van der Waals surface area contributed by atoms with E-state index in [1.807, 2.05) is 17.1 Å². The van der Waals surface area contributed by atoms with Crippen molar-refractivity contribution in [2.75, 3.05) is 0 Å². The molecule has 0 aliphatic heterocycles. The van der Waals surface area contributed by atoms with E-state index < -0.39 is 0 Å². The molecule has 0 heterocycles. The maximum atomic E-state index is 11.4. The lowest BCUT2D eigenvalue weighted by Gasteiger charge is -2.32. The molecule has 0 aromatic heterocycles. The summed E-state index contributed by atoms with van der Waals surface area (Å²) in [6.45, 7) is 12.2. The second-order valence-electron chi connectivity index (χ2n) is 5.15. The fourth-order valence-corrected chi connectivity index (χ4v) is 2.39. The van der Waals surface area contributed by atoms with Crippen LogP contribution in [-0.4, -0.2) is 23.4 Å². The number of hydrogen-bond donors (Lipinski definition) is 0. The first-order valence-electron chi connectivity index (χ1n) is 7.72. The second-order valence-corrected chi connectivity index (χ2v) is 5.15. The van der Waals surface area contributed by atoms with E-state index in [9.17, 15) is 4.79 Å². The molecule has 2 unspecified atom stereocenters.